The van der Waals surface area contributed by atoms with E-state index < -0.39 is 0 Å². The largest absolute Gasteiger partial charge is 0.383 e. The van der Waals surface area contributed by atoms with E-state index in [0.29, 0.717) is 29.8 Å². The van der Waals surface area contributed by atoms with Crippen molar-refractivity contribution in [2.75, 3.05) is 13.7 Å². The molecular weight excluding hydrogens is 408 g/mol. The van der Waals surface area contributed by atoms with Gasteiger partial charge in [-0.1, -0.05) is 22.9 Å². The summed E-state index contributed by atoms with van der Waals surface area (Å²) in [7, 11) is 1.69. The normalized spacial score (nSPS) is 11.7. The third kappa shape index (κ3) is 3.89. The van der Waals surface area contributed by atoms with Crippen LogP contribution in [0.4, 0.5) is 0 Å². The van der Waals surface area contributed by atoms with Crippen LogP contribution >= 0.6 is 15.9 Å². The first-order chi connectivity index (χ1) is 13.0. The summed E-state index contributed by atoms with van der Waals surface area (Å²) < 4.78 is 9.61. The van der Waals surface area contributed by atoms with Gasteiger partial charge in [0, 0.05) is 41.5 Å². The molecule has 0 fully saturated rings. The molecular formula is C20H23BrN4O2. The second-order valence-electron chi connectivity index (χ2n) is 6.38. The molecule has 3 aromatic rings. The van der Waals surface area contributed by atoms with Crippen molar-refractivity contribution >= 4 is 33.0 Å². The molecule has 0 amide bonds. The maximum absolute atomic E-state index is 12.9. The number of aromatic nitrogens is 3. The molecule has 2 aromatic heterocycles. The lowest BCUT2D eigenvalue weighted by Crippen LogP contribution is -2.22. The minimum Gasteiger partial charge on any atom is -0.383 e. The van der Waals surface area contributed by atoms with Gasteiger partial charge in [0.1, 0.15) is 5.82 Å². The Morgan fingerprint density at radius 3 is 2.78 bits per heavy atom. The molecule has 1 aromatic carbocycles. The standard InChI is InChI=1S/C20H23BrN4O2/c1-5-19-23-18-7-6-16(21)11-17(18)20(26)25(19)22-12-15-10-13(2)24(14(15)3)8-9-27-4/h6-7,10-12H,5,8-9H2,1-4H3. The maximum Gasteiger partial charge on any atom is 0.282 e. The molecule has 27 heavy (non-hydrogen) atoms. The number of ether oxygens (including phenoxy) is 1. The molecule has 0 N–H and O–H groups in total. The monoisotopic (exact) mass is 430 g/mol. The minimum atomic E-state index is -0.164. The highest BCUT2D eigenvalue weighted by Crippen LogP contribution is 2.17. The highest BCUT2D eigenvalue weighted by molar-refractivity contribution is 9.10. The first-order valence-corrected chi connectivity index (χ1v) is 9.66. The van der Waals surface area contributed by atoms with Crippen LogP contribution in [0.5, 0.6) is 0 Å². The SMILES string of the molecule is CCc1nc2ccc(Br)cc2c(=O)n1N=Cc1cc(C)n(CCOC)c1C. The Balaban J connectivity index is 2.06. The molecule has 0 unspecified atom stereocenters. The quantitative estimate of drug-likeness (QED) is 0.560. The Morgan fingerprint density at radius 1 is 1.30 bits per heavy atom. The fraction of sp³-hybridized carbons (Fsp3) is 0.350. The zero-order valence-corrected chi connectivity index (χ0v) is 17.6. The van der Waals surface area contributed by atoms with Gasteiger partial charge < -0.3 is 9.30 Å². The first-order valence-electron chi connectivity index (χ1n) is 8.87. The summed E-state index contributed by atoms with van der Waals surface area (Å²) in [5.41, 5.74) is 3.73. The summed E-state index contributed by atoms with van der Waals surface area (Å²) in [5, 5.41) is 5.02. The van der Waals surface area contributed by atoms with E-state index in [0.717, 1.165) is 28.0 Å². The Bertz CT molecular complexity index is 1070. The lowest BCUT2D eigenvalue weighted by Gasteiger charge is -2.09. The Morgan fingerprint density at radius 2 is 2.07 bits per heavy atom. The van der Waals surface area contributed by atoms with Gasteiger partial charge >= 0.3 is 0 Å². The van der Waals surface area contributed by atoms with Gasteiger partial charge in [-0.3, -0.25) is 4.79 Å². The summed E-state index contributed by atoms with van der Waals surface area (Å²) in [6, 6.07) is 7.58. The van der Waals surface area contributed by atoms with Gasteiger partial charge in [0.2, 0.25) is 0 Å². The number of hydrogen-bond acceptors (Lipinski definition) is 4. The summed E-state index contributed by atoms with van der Waals surface area (Å²) in [5.74, 6) is 0.638. The van der Waals surface area contributed by atoms with E-state index in [1.54, 1.807) is 19.4 Å². The van der Waals surface area contributed by atoms with Crippen molar-refractivity contribution in [1.82, 2.24) is 14.2 Å². The molecule has 0 aliphatic heterocycles. The summed E-state index contributed by atoms with van der Waals surface area (Å²) >= 11 is 3.42. The number of fused-ring (bicyclic) bond motifs is 1. The lowest BCUT2D eigenvalue weighted by atomic mass is 10.2. The second-order valence-corrected chi connectivity index (χ2v) is 7.29. The van der Waals surface area contributed by atoms with Crippen LogP contribution < -0.4 is 5.56 Å². The zero-order chi connectivity index (χ0) is 19.6. The Hall–Kier alpha value is -2.25. The molecule has 0 spiro atoms. The molecule has 0 radical (unpaired) electrons. The van der Waals surface area contributed by atoms with E-state index in [-0.39, 0.29) is 5.56 Å². The Labute approximate surface area is 166 Å². The van der Waals surface area contributed by atoms with Crippen LogP contribution in [0.3, 0.4) is 0 Å². The van der Waals surface area contributed by atoms with Crippen molar-refractivity contribution in [3.63, 3.8) is 0 Å². The average Bonchev–Trinajstić information content (AvgIpc) is 2.92. The van der Waals surface area contributed by atoms with Crippen LogP contribution in [-0.4, -0.2) is 34.2 Å². The van der Waals surface area contributed by atoms with E-state index in [9.17, 15) is 4.79 Å². The molecule has 0 aliphatic carbocycles. The van der Waals surface area contributed by atoms with E-state index in [2.05, 4.69) is 43.6 Å². The van der Waals surface area contributed by atoms with E-state index in [4.69, 9.17) is 4.74 Å². The number of aryl methyl sites for hydroxylation is 2. The minimum absolute atomic E-state index is 0.164. The van der Waals surface area contributed by atoms with Gasteiger partial charge in [0.05, 0.1) is 23.7 Å². The fourth-order valence-electron chi connectivity index (χ4n) is 3.15. The molecule has 6 nitrogen and oxygen atoms in total. The summed E-state index contributed by atoms with van der Waals surface area (Å²) in [6.07, 6.45) is 2.35. The molecule has 142 valence electrons. The molecule has 0 bridgehead atoms. The number of nitrogens with zero attached hydrogens (tertiary/aromatic N) is 4. The van der Waals surface area contributed by atoms with Gasteiger partial charge in [0.15, 0.2) is 0 Å². The van der Waals surface area contributed by atoms with Crippen LogP contribution in [0.2, 0.25) is 0 Å². The van der Waals surface area contributed by atoms with Crippen molar-refractivity contribution in [2.45, 2.75) is 33.7 Å². The van der Waals surface area contributed by atoms with E-state index in [1.807, 2.05) is 26.0 Å². The van der Waals surface area contributed by atoms with Crippen LogP contribution in [0.25, 0.3) is 10.9 Å². The smallest absolute Gasteiger partial charge is 0.282 e. The lowest BCUT2D eigenvalue weighted by molar-refractivity contribution is 0.186. The van der Waals surface area contributed by atoms with Crippen LogP contribution in [-0.2, 0) is 17.7 Å². The summed E-state index contributed by atoms with van der Waals surface area (Å²) in [6.45, 7) is 7.50. The molecule has 0 aliphatic rings. The van der Waals surface area contributed by atoms with Crippen molar-refractivity contribution in [3.8, 4) is 0 Å². The molecule has 0 atom stereocenters. The van der Waals surface area contributed by atoms with Crippen molar-refractivity contribution in [3.05, 3.63) is 61.9 Å². The number of methoxy groups -OCH3 is 1. The van der Waals surface area contributed by atoms with Crippen molar-refractivity contribution < 1.29 is 4.74 Å². The number of hydrogen-bond donors (Lipinski definition) is 0. The molecule has 0 saturated heterocycles. The molecule has 3 rings (SSSR count). The Kier molecular flexibility index (Phi) is 5.92. The van der Waals surface area contributed by atoms with Gasteiger partial charge in [-0.15, -0.1) is 0 Å². The maximum atomic E-state index is 12.9. The zero-order valence-electron chi connectivity index (χ0n) is 16.0. The third-order valence-corrected chi connectivity index (χ3v) is 5.13. The number of rotatable bonds is 6. The van der Waals surface area contributed by atoms with Gasteiger partial charge in [-0.25, -0.2) is 4.98 Å². The van der Waals surface area contributed by atoms with E-state index in [1.165, 1.54) is 4.68 Å². The van der Waals surface area contributed by atoms with Gasteiger partial charge in [-0.2, -0.15) is 9.78 Å². The van der Waals surface area contributed by atoms with Gasteiger partial charge in [0.25, 0.3) is 5.56 Å². The molecule has 7 heteroatoms. The number of benzene rings is 1. The van der Waals surface area contributed by atoms with Crippen molar-refractivity contribution in [1.29, 1.82) is 0 Å². The second kappa shape index (κ2) is 8.19. The summed E-state index contributed by atoms with van der Waals surface area (Å²) in [4.78, 5) is 17.5. The van der Waals surface area contributed by atoms with Crippen molar-refractivity contribution in [2.24, 2.45) is 5.10 Å². The van der Waals surface area contributed by atoms with Crippen LogP contribution in [0.1, 0.15) is 29.7 Å². The first kappa shape index (κ1) is 19.5. The average molecular weight is 431 g/mol. The topological polar surface area (TPSA) is 61.4 Å². The van der Waals surface area contributed by atoms with Crippen LogP contribution in [0, 0.1) is 13.8 Å². The highest BCUT2D eigenvalue weighted by atomic mass is 79.9. The highest BCUT2D eigenvalue weighted by Gasteiger charge is 2.11. The fourth-order valence-corrected chi connectivity index (χ4v) is 3.51. The molecule has 0 saturated carbocycles. The number of halogens is 1. The third-order valence-electron chi connectivity index (χ3n) is 4.64. The van der Waals surface area contributed by atoms with Gasteiger partial charge in [-0.05, 0) is 38.1 Å². The predicted molar refractivity (Wildman–Crippen MR) is 112 cm³/mol. The van der Waals surface area contributed by atoms with E-state index >= 15 is 0 Å². The van der Waals surface area contributed by atoms with Crippen LogP contribution in [0.15, 0.2) is 38.6 Å². The molecule has 2 heterocycles. The predicted octanol–water partition coefficient (Wildman–Crippen LogP) is 3.67.